The highest BCUT2D eigenvalue weighted by Crippen LogP contribution is 2.40. The van der Waals surface area contributed by atoms with E-state index >= 15 is 0 Å². The molecule has 0 aliphatic carbocycles. The van der Waals surface area contributed by atoms with Gasteiger partial charge < -0.3 is 24.5 Å². The van der Waals surface area contributed by atoms with Gasteiger partial charge in [-0.05, 0) is 49.0 Å². The number of nitrogens with zero attached hydrogens (tertiary/aromatic N) is 3. The van der Waals surface area contributed by atoms with Gasteiger partial charge in [-0.25, -0.2) is 4.79 Å². The summed E-state index contributed by atoms with van der Waals surface area (Å²) in [5.41, 5.74) is 1.63. The van der Waals surface area contributed by atoms with E-state index < -0.39 is 5.97 Å². The van der Waals surface area contributed by atoms with Crippen molar-refractivity contribution in [3.8, 4) is 11.3 Å². The minimum Gasteiger partial charge on any atom is -0.478 e. The van der Waals surface area contributed by atoms with E-state index in [1.807, 2.05) is 36.4 Å². The normalized spacial score (nSPS) is 20.7. The van der Waals surface area contributed by atoms with Crippen LogP contribution in [0.3, 0.4) is 0 Å². The van der Waals surface area contributed by atoms with Crippen molar-refractivity contribution in [2.75, 3.05) is 39.4 Å². The maximum atomic E-state index is 11.7. The van der Waals surface area contributed by atoms with Gasteiger partial charge in [0, 0.05) is 37.9 Å². The van der Waals surface area contributed by atoms with Crippen LogP contribution >= 0.6 is 12.2 Å². The number of carboxylic acid groups (broad SMARTS) is 1. The summed E-state index contributed by atoms with van der Waals surface area (Å²) in [7, 11) is 0. The van der Waals surface area contributed by atoms with Crippen LogP contribution in [-0.4, -0.2) is 70.4 Å². The van der Waals surface area contributed by atoms with E-state index in [0.717, 1.165) is 57.3 Å². The van der Waals surface area contributed by atoms with E-state index in [-0.39, 0.29) is 17.6 Å². The maximum absolute atomic E-state index is 11.7. The number of hydrogen-bond acceptors (Lipinski definition) is 6. The molecule has 8 nitrogen and oxygen atoms in total. The highest BCUT2D eigenvalue weighted by molar-refractivity contribution is 7.80. The zero-order valence-corrected chi connectivity index (χ0v) is 20.1. The van der Waals surface area contributed by atoms with Crippen LogP contribution in [0.15, 0.2) is 65.2 Å². The van der Waals surface area contributed by atoms with Crippen molar-refractivity contribution in [2.45, 2.75) is 18.5 Å². The van der Waals surface area contributed by atoms with E-state index in [1.54, 1.807) is 24.4 Å². The van der Waals surface area contributed by atoms with Gasteiger partial charge >= 0.3 is 5.97 Å². The molecule has 3 aromatic rings. The number of hydrogen-bond donors (Lipinski definition) is 2. The molecule has 182 valence electrons. The van der Waals surface area contributed by atoms with Crippen LogP contribution in [0.1, 0.15) is 40.3 Å². The van der Waals surface area contributed by atoms with Crippen LogP contribution in [0, 0.1) is 0 Å². The lowest BCUT2D eigenvalue weighted by molar-refractivity contribution is 0.0365. The Hall–Kier alpha value is -3.27. The van der Waals surface area contributed by atoms with E-state index in [0.29, 0.717) is 16.4 Å². The number of carboxylic acids is 1. The van der Waals surface area contributed by atoms with Crippen LogP contribution < -0.4 is 5.32 Å². The first-order valence-corrected chi connectivity index (χ1v) is 12.2. The lowest BCUT2D eigenvalue weighted by Crippen LogP contribution is -2.38. The Labute approximate surface area is 209 Å². The molecule has 2 atom stereocenters. The van der Waals surface area contributed by atoms with Crippen molar-refractivity contribution in [3.05, 3.63) is 77.8 Å². The second-order valence-electron chi connectivity index (χ2n) is 8.68. The van der Waals surface area contributed by atoms with Gasteiger partial charge in [0.15, 0.2) is 5.11 Å². The number of morpholine rings is 1. The highest BCUT2D eigenvalue weighted by atomic mass is 32.1. The fourth-order valence-corrected chi connectivity index (χ4v) is 5.12. The lowest BCUT2D eigenvalue weighted by Gasteiger charge is -2.29. The smallest absolute Gasteiger partial charge is 0.336 e. The van der Waals surface area contributed by atoms with Gasteiger partial charge in [-0.3, -0.25) is 9.88 Å². The first kappa shape index (κ1) is 23.5. The van der Waals surface area contributed by atoms with Crippen molar-refractivity contribution >= 4 is 23.3 Å². The average molecular weight is 493 g/mol. The predicted octanol–water partition coefficient (Wildman–Crippen LogP) is 3.73. The number of ether oxygens (including phenoxy) is 1. The summed E-state index contributed by atoms with van der Waals surface area (Å²) in [4.78, 5) is 20.9. The minimum absolute atomic E-state index is 0.180. The molecule has 0 saturated carbocycles. The fourth-order valence-electron chi connectivity index (χ4n) is 4.79. The molecule has 0 bridgehead atoms. The second-order valence-corrected chi connectivity index (χ2v) is 9.07. The molecule has 2 aromatic heterocycles. The van der Waals surface area contributed by atoms with Gasteiger partial charge in [0.05, 0.1) is 30.5 Å². The summed E-state index contributed by atoms with van der Waals surface area (Å²) < 4.78 is 11.8. The SMILES string of the molecule is O=C(O)c1ccccc1-c1ccc([C@H]2[C@@H](c3ccccn3)NC(=S)N2CCCN2CCOCC2)o1. The number of pyridine rings is 1. The van der Waals surface area contributed by atoms with Crippen molar-refractivity contribution in [2.24, 2.45) is 0 Å². The Morgan fingerprint density at radius 2 is 1.89 bits per heavy atom. The molecule has 0 unspecified atom stereocenters. The number of furan rings is 1. The highest BCUT2D eigenvalue weighted by Gasteiger charge is 2.41. The Morgan fingerprint density at radius 3 is 2.66 bits per heavy atom. The third-order valence-corrected chi connectivity index (χ3v) is 6.87. The number of rotatable bonds is 8. The number of aromatic nitrogens is 1. The first-order valence-electron chi connectivity index (χ1n) is 11.8. The van der Waals surface area contributed by atoms with E-state index in [2.05, 4.69) is 20.1 Å². The minimum atomic E-state index is -0.988. The summed E-state index contributed by atoms with van der Waals surface area (Å²) in [5.74, 6) is 0.247. The fraction of sp³-hybridized carbons (Fsp3) is 0.346. The molecule has 2 saturated heterocycles. The van der Waals surface area contributed by atoms with Crippen molar-refractivity contribution in [3.63, 3.8) is 0 Å². The Morgan fingerprint density at radius 1 is 1.09 bits per heavy atom. The number of carbonyl (C=O) groups is 1. The summed E-state index contributed by atoms with van der Waals surface area (Å²) in [6, 6.07) is 16.1. The molecule has 2 fully saturated rings. The van der Waals surface area contributed by atoms with Crippen LogP contribution in [-0.2, 0) is 4.74 Å². The summed E-state index contributed by atoms with van der Waals surface area (Å²) in [6.45, 7) is 5.19. The van der Waals surface area contributed by atoms with Crippen LogP contribution in [0.5, 0.6) is 0 Å². The molecular weight excluding hydrogens is 464 g/mol. The largest absolute Gasteiger partial charge is 0.478 e. The third-order valence-electron chi connectivity index (χ3n) is 6.52. The summed E-state index contributed by atoms with van der Waals surface area (Å²) >= 11 is 5.75. The molecule has 1 aromatic carbocycles. The molecule has 9 heteroatoms. The van der Waals surface area contributed by atoms with E-state index in [9.17, 15) is 9.90 Å². The molecule has 2 aliphatic heterocycles. The number of aromatic carboxylic acids is 1. The molecule has 4 heterocycles. The Bertz CT molecular complexity index is 1180. The van der Waals surface area contributed by atoms with Crippen molar-refractivity contribution in [1.82, 2.24) is 20.1 Å². The zero-order chi connectivity index (χ0) is 24.2. The Balaban J connectivity index is 1.42. The third kappa shape index (κ3) is 5.07. The molecular formula is C26H28N4O4S. The standard InChI is InChI=1S/C26H28N4O4S/c31-25(32)19-7-2-1-6-18(19)21-9-10-22(34-21)24-23(20-8-3-4-11-27-20)28-26(35)30(24)13-5-12-29-14-16-33-17-15-29/h1-4,6-11,23-24H,5,12-17H2,(H,28,35)(H,31,32)/t23-,24+/m1/s1. The van der Waals surface area contributed by atoms with Gasteiger partial charge in [-0.2, -0.15) is 0 Å². The van der Waals surface area contributed by atoms with Crippen LogP contribution in [0.2, 0.25) is 0 Å². The van der Waals surface area contributed by atoms with Gasteiger partial charge in [-0.15, -0.1) is 0 Å². The lowest BCUT2D eigenvalue weighted by atomic mass is 10.0. The number of thiocarbonyl (C=S) groups is 1. The van der Waals surface area contributed by atoms with Crippen molar-refractivity contribution < 1.29 is 19.1 Å². The predicted molar refractivity (Wildman–Crippen MR) is 135 cm³/mol. The topological polar surface area (TPSA) is 91.1 Å². The van der Waals surface area contributed by atoms with Crippen molar-refractivity contribution in [1.29, 1.82) is 0 Å². The zero-order valence-electron chi connectivity index (χ0n) is 19.3. The number of benzene rings is 1. The molecule has 5 rings (SSSR count). The molecule has 35 heavy (non-hydrogen) atoms. The Kier molecular flexibility index (Phi) is 7.08. The maximum Gasteiger partial charge on any atom is 0.336 e. The molecule has 0 spiro atoms. The quantitative estimate of drug-likeness (QED) is 0.456. The summed E-state index contributed by atoms with van der Waals surface area (Å²) in [6.07, 6.45) is 2.72. The van der Waals surface area contributed by atoms with Gasteiger partial charge in [0.25, 0.3) is 0 Å². The van der Waals surface area contributed by atoms with Gasteiger partial charge in [-0.1, -0.05) is 24.3 Å². The molecule has 2 aliphatic rings. The van der Waals surface area contributed by atoms with Crippen LogP contribution in [0.4, 0.5) is 0 Å². The van der Waals surface area contributed by atoms with E-state index in [1.165, 1.54) is 0 Å². The van der Waals surface area contributed by atoms with Gasteiger partial charge in [0.1, 0.15) is 17.6 Å². The molecule has 2 N–H and O–H groups in total. The molecule has 0 amide bonds. The van der Waals surface area contributed by atoms with Crippen LogP contribution in [0.25, 0.3) is 11.3 Å². The number of nitrogens with one attached hydrogen (secondary N) is 1. The average Bonchev–Trinajstić information content (AvgIpc) is 3.50. The first-order chi connectivity index (χ1) is 17.1. The van der Waals surface area contributed by atoms with E-state index in [4.69, 9.17) is 21.4 Å². The van der Waals surface area contributed by atoms with Gasteiger partial charge in [0.2, 0.25) is 0 Å². The molecule has 0 radical (unpaired) electrons. The monoisotopic (exact) mass is 492 g/mol. The second kappa shape index (κ2) is 10.6. The summed E-state index contributed by atoms with van der Waals surface area (Å²) in [5, 5.41) is 13.7.